The van der Waals surface area contributed by atoms with Crippen LogP contribution < -0.4 is 9.46 Å². The minimum absolute atomic E-state index is 0.0551. The van der Waals surface area contributed by atoms with E-state index < -0.39 is 10.0 Å². The first kappa shape index (κ1) is 29.0. The SMILES string of the molecule is COc1ccc(C(=O)N2CCN(C(=O)Cc3cccc(Cl)c3)C(C)C2)cc1S(=O)(=O)Nc1cc(Cl)ccc1Cl. The molecule has 1 unspecified atom stereocenters. The number of carbonyl (C=O) groups excluding carboxylic acids is 2. The maximum atomic E-state index is 13.4. The van der Waals surface area contributed by atoms with E-state index in [0.717, 1.165) is 5.56 Å². The van der Waals surface area contributed by atoms with Crippen molar-refractivity contribution < 1.29 is 22.7 Å². The minimum Gasteiger partial charge on any atom is -0.495 e. The molecule has 0 aromatic heterocycles. The van der Waals surface area contributed by atoms with Crippen LogP contribution in [-0.2, 0) is 21.2 Å². The Morgan fingerprint density at radius 3 is 2.44 bits per heavy atom. The van der Waals surface area contributed by atoms with Crippen LogP contribution in [0.15, 0.2) is 65.6 Å². The molecule has 206 valence electrons. The third-order valence-electron chi connectivity index (χ3n) is 6.35. The maximum Gasteiger partial charge on any atom is 0.265 e. The lowest BCUT2D eigenvalue weighted by Gasteiger charge is -2.40. The van der Waals surface area contributed by atoms with Gasteiger partial charge in [-0.15, -0.1) is 0 Å². The molecule has 0 bridgehead atoms. The zero-order chi connectivity index (χ0) is 28.3. The monoisotopic (exact) mass is 609 g/mol. The Balaban J connectivity index is 1.50. The molecule has 1 N–H and O–H groups in total. The molecule has 0 aliphatic carbocycles. The van der Waals surface area contributed by atoms with Crippen molar-refractivity contribution in [2.45, 2.75) is 24.3 Å². The van der Waals surface area contributed by atoms with Gasteiger partial charge in [-0.2, -0.15) is 0 Å². The number of hydrogen-bond acceptors (Lipinski definition) is 5. The number of amides is 2. The predicted molar refractivity (Wildman–Crippen MR) is 152 cm³/mol. The number of nitrogens with zero attached hydrogens (tertiary/aromatic N) is 2. The molecular weight excluding hydrogens is 585 g/mol. The van der Waals surface area contributed by atoms with E-state index in [-0.39, 0.29) is 51.2 Å². The summed E-state index contributed by atoms with van der Waals surface area (Å²) in [5, 5.41) is 1.02. The number of ether oxygens (including phenoxy) is 1. The number of hydrogen-bond donors (Lipinski definition) is 1. The smallest absolute Gasteiger partial charge is 0.265 e. The third kappa shape index (κ3) is 6.78. The number of halogens is 3. The Bertz CT molecular complexity index is 1520. The highest BCUT2D eigenvalue weighted by molar-refractivity contribution is 7.92. The van der Waals surface area contributed by atoms with E-state index in [4.69, 9.17) is 39.5 Å². The Hall–Kier alpha value is -2.98. The van der Waals surface area contributed by atoms with Crippen LogP contribution in [0.3, 0.4) is 0 Å². The normalized spacial score (nSPS) is 15.7. The van der Waals surface area contributed by atoms with Gasteiger partial charge in [-0.25, -0.2) is 8.42 Å². The highest BCUT2D eigenvalue weighted by Crippen LogP contribution is 2.31. The van der Waals surface area contributed by atoms with Crippen LogP contribution in [0.2, 0.25) is 15.1 Å². The largest absolute Gasteiger partial charge is 0.495 e. The van der Waals surface area contributed by atoms with E-state index >= 15 is 0 Å². The Morgan fingerprint density at radius 1 is 1.00 bits per heavy atom. The number of sulfonamides is 1. The van der Waals surface area contributed by atoms with Crippen molar-refractivity contribution in [3.63, 3.8) is 0 Å². The van der Waals surface area contributed by atoms with Crippen molar-refractivity contribution in [2.24, 2.45) is 0 Å². The summed E-state index contributed by atoms with van der Waals surface area (Å²) >= 11 is 18.2. The van der Waals surface area contributed by atoms with Crippen molar-refractivity contribution in [1.82, 2.24) is 9.80 Å². The van der Waals surface area contributed by atoms with Crippen molar-refractivity contribution >= 4 is 62.3 Å². The fraction of sp³-hybridized carbons (Fsp3) is 0.259. The van der Waals surface area contributed by atoms with Gasteiger partial charge in [0.15, 0.2) is 0 Å². The van der Waals surface area contributed by atoms with E-state index in [9.17, 15) is 18.0 Å². The highest BCUT2D eigenvalue weighted by Gasteiger charge is 2.31. The molecule has 1 fully saturated rings. The van der Waals surface area contributed by atoms with Crippen molar-refractivity contribution in [2.75, 3.05) is 31.5 Å². The Labute approximate surface area is 242 Å². The number of rotatable bonds is 7. The second-order valence-corrected chi connectivity index (χ2v) is 12.0. The summed E-state index contributed by atoms with van der Waals surface area (Å²) in [7, 11) is -2.86. The van der Waals surface area contributed by atoms with Crippen LogP contribution >= 0.6 is 34.8 Å². The fourth-order valence-electron chi connectivity index (χ4n) is 4.41. The van der Waals surface area contributed by atoms with E-state index in [1.807, 2.05) is 13.0 Å². The van der Waals surface area contributed by atoms with E-state index in [1.165, 1.54) is 43.5 Å². The molecule has 1 aliphatic heterocycles. The summed E-state index contributed by atoms with van der Waals surface area (Å²) in [6.45, 7) is 2.82. The average molecular weight is 611 g/mol. The van der Waals surface area contributed by atoms with Crippen LogP contribution in [0.1, 0.15) is 22.8 Å². The van der Waals surface area contributed by atoms with Gasteiger partial charge in [0.2, 0.25) is 5.91 Å². The number of methoxy groups -OCH3 is 1. The fourth-order valence-corrected chi connectivity index (χ4v) is 6.29. The molecule has 8 nitrogen and oxygen atoms in total. The third-order valence-corrected chi connectivity index (χ3v) is 8.54. The molecule has 2 amide bonds. The molecule has 12 heteroatoms. The van der Waals surface area contributed by atoms with Gasteiger partial charge in [-0.05, 0) is 61.0 Å². The summed E-state index contributed by atoms with van der Waals surface area (Å²) in [5.74, 6) is -0.355. The van der Waals surface area contributed by atoms with Gasteiger partial charge in [0, 0.05) is 41.3 Å². The van der Waals surface area contributed by atoms with Gasteiger partial charge in [0.25, 0.3) is 15.9 Å². The molecule has 3 aromatic carbocycles. The van der Waals surface area contributed by atoms with Crippen LogP contribution in [0.4, 0.5) is 5.69 Å². The van der Waals surface area contributed by atoms with E-state index in [0.29, 0.717) is 29.7 Å². The number of nitrogens with one attached hydrogen (secondary N) is 1. The summed E-state index contributed by atoms with van der Waals surface area (Å²) in [6, 6.07) is 15.5. The molecule has 1 heterocycles. The van der Waals surface area contributed by atoms with E-state index in [2.05, 4.69) is 4.72 Å². The predicted octanol–water partition coefficient (Wildman–Crippen LogP) is 5.37. The topological polar surface area (TPSA) is 96.0 Å². The van der Waals surface area contributed by atoms with Crippen molar-refractivity contribution in [3.8, 4) is 5.75 Å². The lowest BCUT2D eigenvalue weighted by atomic mass is 10.1. The molecule has 39 heavy (non-hydrogen) atoms. The van der Waals surface area contributed by atoms with Crippen LogP contribution in [0.5, 0.6) is 5.75 Å². The van der Waals surface area contributed by atoms with Gasteiger partial charge in [0.1, 0.15) is 10.6 Å². The Kier molecular flexibility index (Phi) is 8.96. The van der Waals surface area contributed by atoms with Crippen LogP contribution in [0, 0.1) is 0 Å². The lowest BCUT2D eigenvalue weighted by Crippen LogP contribution is -2.55. The second-order valence-electron chi connectivity index (χ2n) is 9.09. The molecule has 0 saturated carbocycles. The summed E-state index contributed by atoms with van der Waals surface area (Å²) in [6.07, 6.45) is 0.211. The van der Waals surface area contributed by atoms with Crippen LogP contribution in [-0.4, -0.2) is 62.8 Å². The zero-order valence-electron chi connectivity index (χ0n) is 21.2. The minimum atomic E-state index is -4.20. The van der Waals surface area contributed by atoms with Gasteiger partial charge in [-0.1, -0.05) is 46.9 Å². The van der Waals surface area contributed by atoms with Gasteiger partial charge in [0.05, 0.1) is 24.2 Å². The quantitative estimate of drug-likeness (QED) is 0.388. The molecule has 1 atom stereocenters. The number of anilines is 1. The summed E-state index contributed by atoms with van der Waals surface area (Å²) < 4.78 is 34.2. The standard InChI is InChI=1S/C27H26Cl3N3O5S/c1-17-16-32(10-11-33(17)26(34)13-18-4-3-5-20(28)12-18)27(35)19-6-9-24(38-2)25(14-19)39(36,37)31-23-15-21(29)7-8-22(23)30/h3-9,12,14-15,17,31H,10-11,13,16H2,1-2H3. The average Bonchev–Trinajstić information content (AvgIpc) is 2.89. The zero-order valence-corrected chi connectivity index (χ0v) is 24.2. The maximum absolute atomic E-state index is 13.4. The van der Waals surface area contributed by atoms with E-state index in [1.54, 1.807) is 28.0 Å². The molecule has 1 saturated heterocycles. The van der Waals surface area contributed by atoms with Gasteiger partial charge in [-0.3, -0.25) is 14.3 Å². The van der Waals surface area contributed by atoms with Crippen molar-refractivity contribution in [1.29, 1.82) is 0 Å². The molecule has 0 radical (unpaired) electrons. The summed E-state index contributed by atoms with van der Waals surface area (Å²) in [5.41, 5.74) is 1.08. The molecule has 4 rings (SSSR count). The van der Waals surface area contributed by atoms with Crippen molar-refractivity contribution in [3.05, 3.63) is 86.9 Å². The van der Waals surface area contributed by atoms with Gasteiger partial charge >= 0.3 is 0 Å². The lowest BCUT2D eigenvalue weighted by molar-refractivity contribution is -0.134. The molecule has 3 aromatic rings. The number of benzene rings is 3. The first-order valence-electron chi connectivity index (χ1n) is 12.0. The van der Waals surface area contributed by atoms with Crippen LogP contribution in [0.25, 0.3) is 0 Å². The summed E-state index contributed by atoms with van der Waals surface area (Å²) in [4.78, 5) is 29.5. The molecule has 1 aliphatic rings. The highest BCUT2D eigenvalue weighted by atomic mass is 35.5. The number of carbonyl (C=O) groups is 2. The first-order valence-corrected chi connectivity index (χ1v) is 14.6. The molecule has 0 spiro atoms. The molecular formula is C27H26Cl3N3O5S. The second kappa shape index (κ2) is 12.0. The number of piperazine rings is 1. The first-order chi connectivity index (χ1) is 18.5. The Morgan fingerprint density at radius 2 is 1.74 bits per heavy atom. The van der Waals surface area contributed by atoms with Gasteiger partial charge < -0.3 is 14.5 Å².